The Labute approximate surface area is 134 Å². The lowest BCUT2D eigenvalue weighted by atomic mass is 9.92. The van der Waals surface area contributed by atoms with Crippen LogP contribution in [0.3, 0.4) is 0 Å². The molecular formula is C16H22BrNO3. The zero-order chi connectivity index (χ0) is 14.7. The maximum Gasteiger partial charge on any atom is 0.162 e. The fourth-order valence-electron chi connectivity index (χ4n) is 3.00. The monoisotopic (exact) mass is 355 g/mol. The van der Waals surface area contributed by atoms with Gasteiger partial charge in [-0.3, -0.25) is 0 Å². The Hall–Kier alpha value is -0.780. The molecule has 4 nitrogen and oxygen atoms in total. The van der Waals surface area contributed by atoms with E-state index < -0.39 is 0 Å². The molecule has 0 aliphatic carbocycles. The molecule has 1 fully saturated rings. The molecule has 2 atom stereocenters. The molecule has 3 rings (SSSR count). The molecule has 0 radical (unpaired) electrons. The normalized spacial score (nSPS) is 22.9. The molecule has 1 N–H and O–H groups in total. The molecule has 2 unspecified atom stereocenters. The van der Waals surface area contributed by atoms with Gasteiger partial charge in [0.15, 0.2) is 11.5 Å². The van der Waals surface area contributed by atoms with Gasteiger partial charge in [0.1, 0.15) is 0 Å². The van der Waals surface area contributed by atoms with Gasteiger partial charge in [-0.15, -0.1) is 0 Å². The highest BCUT2D eigenvalue weighted by Crippen LogP contribution is 2.40. The van der Waals surface area contributed by atoms with Gasteiger partial charge in [-0.1, -0.05) is 22.9 Å². The third kappa shape index (κ3) is 3.35. The lowest BCUT2D eigenvalue weighted by Crippen LogP contribution is -2.29. The molecule has 5 heteroatoms. The first-order chi connectivity index (χ1) is 10.3. The minimum absolute atomic E-state index is 0.282. The molecule has 0 saturated carbocycles. The van der Waals surface area contributed by atoms with Gasteiger partial charge in [-0.2, -0.15) is 0 Å². The molecule has 0 bridgehead atoms. The molecule has 0 aromatic heterocycles. The molecule has 1 aromatic carbocycles. The summed E-state index contributed by atoms with van der Waals surface area (Å²) in [5.41, 5.74) is 1.23. The van der Waals surface area contributed by atoms with Crippen LogP contribution >= 0.6 is 15.9 Å². The third-order valence-corrected chi connectivity index (χ3v) is 4.75. The van der Waals surface area contributed by atoms with E-state index in [0.29, 0.717) is 19.1 Å². The van der Waals surface area contributed by atoms with Crippen LogP contribution < -0.4 is 14.8 Å². The van der Waals surface area contributed by atoms with E-state index in [9.17, 15) is 0 Å². The molecule has 1 saturated heterocycles. The number of halogens is 1. The first kappa shape index (κ1) is 15.1. The van der Waals surface area contributed by atoms with Crippen molar-refractivity contribution in [1.82, 2.24) is 5.32 Å². The highest BCUT2D eigenvalue weighted by molar-refractivity contribution is 9.10. The van der Waals surface area contributed by atoms with Gasteiger partial charge in [-0.05, 0) is 30.7 Å². The topological polar surface area (TPSA) is 39.7 Å². The van der Waals surface area contributed by atoms with Crippen molar-refractivity contribution in [3.8, 4) is 11.5 Å². The molecule has 2 heterocycles. The zero-order valence-electron chi connectivity index (χ0n) is 12.4. The molecule has 2 aliphatic rings. The van der Waals surface area contributed by atoms with Crippen molar-refractivity contribution >= 4 is 15.9 Å². The number of benzene rings is 1. The Morgan fingerprint density at radius 3 is 2.67 bits per heavy atom. The van der Waals surface area contributed by atoms with E-state index in [1.165, 1.54) is 5.56 Å². The highest BCUT2D eigenvalue weighted by atomic mass is 79.9. The summed E-state index contributed by atoms with van der Waals surface area (Å²) in [7, 11) is 0. The molecule has 1 aromatic rings. The molecule has 0 spiro atoms. The van der Waals surface area contributed by atoms with Crippen molar-refractivity contribution < 1.29 is 14.2 Å². The van der Waals surface area contributed by atoms with Crippen LogP contribution in [-0.2, 0) is 4.74 Å². The summed E-state index contributed by atoms with van der Waals surface area (Å²) in [6.07, 6.45) is 2.02. The van der Waals surface area contributed by atoms with Crippen LogP contribution in [0.1, 0.15) is 31.4 Å². The van der Waals surface area contributed by atoms with Gasteiger partial charge >= 0.3 is 0 Å². The maximum atomic E-state index is 5.83. The predicted molar refractivity (Wildman–Crippen MR) is 85.1 cm³/mol. The lowest BCUT2D eigenvalue weighted by Gasteiger charge is -2.25. The molecule has 21 heavy (non-hydrogen) atoms. The van der Waals surface area contributed by atoms with Crippen LogP contribution in [-0.4, -0.2) is 33.0 Å². The quantitative estimate of drug-likeness (QED) is 0.899. The molecular weight excluding hydrogens is 334 g/mol. The number of fused-ring (bicyclic) bond motifs is 1. The van der Waals surface area contributed by atoms with Gasteiger partial charge in [0.25, 0.3) is 0 Å². The van der Waals surface area contributed by atoms with Gasteiger partial charge in [0, 0.05) is 29.5 Å². The van der Waals surface area contributed by atoms with Crippen LogP contribution in [0, 0.1) is 5.92 Å². The third-order valence-electron chi connectivity index (χ3n) is 4.06. The standard InChI is InChI=1S/C16H22BrNO3/c1-2-18-16(11-4-7-19-10-11)12-8-14-15(9-13(12)17)21-6-3-5-20-14/h8-9,11,16,18H,2-7,10H2,1H3. The zero-order valence-corrected chi connectivity index (χ0v) is 13.9. The summed E-state index contributed by atoms with van der Waals surface area (Å²) >= 11 is 3.70. The first-order valence-electron chi connectivity index (χ1n) is 7.69. The first-order valence-corrected chi connectivity index (χ1v) is 8.49. The number of ether oxygens (including phenoxy) is 3. The Morgan fingerprint density at radius 2 is 2.00 bits per heavy atom. The predicted octanol–water partition coefficient (Wildman–Crippen LogP) is 3.30. The number of hydrogen-bond acceptors (Lipinski definition) is 4. The minimum atomic E-state index is 0.282. The van der Waals surface area contributed by atoms with E-state index in [1.807, 2.05) is 6.07 Å². The number of nitrogens with one attached hydrogen (secondary N) is 1. The Balaban J connectivity index is 1.92. The molecule has 2 aliphatic heterocycles. The van der Waals surface area contributed by atoms with E-state index in [-0.39, 0.29) is 6.04 Å². The second-order valence-corrected chi connectivity index (χ2v) is 6.38. The van der Waals surface area contributed by atoms with E-state index in [2.05, 4.69) is 34.2 Å². The maximum absolute atomic E-state index is 5.83. The van der Waals surface area contributed by atoms with Gasteiger partial charge in [-0.25, -0.2) is 0 Å². The molecule has 0 amide bonds. The molecule has 116 valence electrons. The van der Waals surface area contributed by atoms with Crippen LogP contribution in [0.25, 0.3) is 0 Å². The van der Waals surface area contributed by atoms with Crippen LogP contribution in [0.2, 0.25) is 0 Å². The minimum Gasteiger partial charge on any atom is -0.490 e. The van der Waals surface area contributed by atoms with Crippen LogP contribution in [0.5, 0.6) is 11.5 Å². The van der Waals surface area contributed by atoms with Crippen molar-refractivity contribution in [2.75, 3.05) is 33.0 Å². The second-order valence-electron chi connectivity index (χ2n) is 5.53. The van der Waals surface area contributed by atoms with E-state index >= 15 is 0 Å². The summed E-state index contributed by atoms with van der Waals surface area (Å²) in [6, 6.07) is 4.44. The lowest BCUT2D eigenvalue weighted by molar-refractivity contribution is 0.177. The van der Waals surface area contributed by atoms with Crippen molar-refractivity contribution in [1.29, 1.82) is 0 Å². The Bertz CT molecular complexity index is 489. The number of rotatable bonds is 4. The smallest absolute Gasteiger partial charge is 0.162 e. The van der Waals surface area contributed by atoms with Gasteiger partial charge in [0.2, 0.25) is 0 Å². The van der Waals surface area contributed by atoms with Gasteiger partial charge in [0.05, 0.1) is 19.8 Å². The van der Waals surface area contributed by atoms with Crippen molar-refractivity contribution in [3.63, 3.8) is 0 Å². The Kier molecular flexibility index (Phi) is 5.03. The average Bonchev–Trinajstić information content (AvgIpc) is 2.91. The van der Waals surface area contributed by atoms with Crippen molar-refractivity contribution in [2.45, 2.75) is 25.8 Å². The van der Waals surface area contributed by atoms with E-state index in [4.69, 9.17) is 14.2 Å². The highest BCUT2D eigenvalue weighted by Gasteiger charge is 2.29. The van der Waals surface area contributed by atoms with E-state index in [0.717, 1.165) is 48.6 Å². The van der Waals surface area contributed by atoms with Crippen molar-refractivity contribution in [3.05, 3.63) is 22.2 Å². The van der Waals surface area contributed by atoms with E-state index in [1.54, 1.807) is 0 Å². The van der Waals surface area contributed by atoms with Crippen LogP contribution in [0.4, 0.5) is 0 Å². The SMILES string of the molecule is CCNC(c1cc2c(cc1Br)OCCCO2)C1CCOC1. The summed E-state index contributed by atoms with van der Waals surface area (Å²) in [5, 5.41) is 3.60. The fourth-order valence-corrected chi connectivity index (χ4v) is 3.57. The second kappa shape index (κ2) is 6.99. The summed E-state index contributed by atoms with van der Waals surface area (Å²) in [5.74, 6) is 2.19. The average molecular weight is 356 g/mol. The van der Waals surface area contributed by atoms with Gasteiger partial charge < -0.3 is 19.5 Å². The summed E-state index contributed by atoms with van der Waals surface area (Å²) < 4.78 is 18.2. The number of hydrogen-bond donors (Lipinski definition) is 1. The Morgan fingerprint density at radius 1 is 1.24 bits per heavy atom. The fraction of sp³-hybridized carbons (Fsp3) is 0.625. The summed E-state index contributed by atoms with van der Waals surface area (Å²) in [6.45, 7) is 6.17. The van der Waals surface area contributed by atoms with Crippen molar-refractivity contribution in [2.24, 2.45) is 5.92 Å². The van der Waals surface area contributed by atoms with Crippen LogP contribution in [0.15, 0.2) is 16.6 Å². The summed E-state index contributed by atoms with van der Waals surface area (Å²) in [4.78, 5) is 0. The largest absolute Gasteiger partial charge is 0.490 e.